The van der Waals surface area contributed by atoms with E-state index in [0.29, 0.717) is 0 Å². The molecule has 0 fully saturated rings. The van der Waals surface area contributed by atoms with E-state index in [0.717, 1.165) is 22.7 Å². The van der Waals surface area contributed by atoms with E-state index in [4.69, 9.17) is 0 Å². The Labute approximate surface area is 93.5 Å². The number of hydrogen-bond acceptors (Lipinski definition) is 3. The van der Waals surface area contributed by atoms with Gasteiger partial charge in [0, 0.05) is 23.3 Å². The Morgan fingerprint density at radius 1 is 1.43 bits per heavy atom. The number of hydrogen-bond donors (Lipinski definition) is 0. The van der Waals surface area contributed by atoms with Gasteiger partial charge in [-0.2, -0.15) is 0 Å². The van der Waals surface area contributed by atoms with Crippen molar-refractivity contribution in [1.82, 2.24) is 9.97 Å². The van der Waals surface area contributed by atoms with E-state index in [9.17, 15) is 0 Å². The molecule has 14 heavy (non-hydrogen) atoms. The van der Waals surface area contributed by atoms with Crippen LogP contribution in [0.5, 0.6) is 0 Å². The summed E-state index contributed by atoms with van der Waals surface area (Å²) in [4.78, 5) is 8.54. The molecule has 2 heterocycles. The monoisotopic (exact) mass is 226 g/mol. The van der Waals surface area contributed by atoms with Crippen LogP contribution in [0.2, 0.25) is 0 Å². The molecule has 0 aliphatic rings. The Kier molecular flexibility index (Phi) is 4.04. The van der Waals surface area contributed by atoms with E-state index in [1.54, 1.807) is 17.5 Å². The molecular weight excluding hydrogens is 216 g/mol. The number of aryl methyl sites for hydroxylation is 1. The van der Waals surface area contributed by atoms with Gasteiger partial charge in [-0.25, -0.2) is 4.98 Å². The fourth-order valence-electron chi connectivity index (χ4n) is 1.09. The molecule has 0 radical (unpaired) electrons. The predicted molar refractivity (Wildman–Crippen MR) is 62.0 cm³/mol. The maximum Gasteiger partial charge on any atom is 0.125 e. The highest BCUT2D eigenvalue weighted by molar-refractivity contribution is 7.13. The molecule has 2 nitrogen and oxygen atoms in total. The minimum absolute atomic E-state index is 0. The number of pyridine rings is 1. The van der Waals surface area contributed by atoms with Crippen LogP contribution in [0, 0.1) is 0 Å². The zero-order valence-corrected chi connectivity index (χ0v) is 9.44. The number of aromatic nitrogens is 2. The zero-order valence-electron chi connectivity index (χ0n) is 7.80. The Balaban J connectivity index is 0.000000980. The van der Waals surface area contributed by atoms with Crippen molar-refractivity contribution < 1.29 is 0 Å². The molecule has 0 saturated carbocycles. The molecule has 0 atom stereocenters. The molecule has 0 unspecified atom stereocenters. The van der Waals surface area contributed by atoms with Crippen LogP contribution < -0.4 is 0 Å². The van der Waals surface area contributed by atoms with Gasteiger partial charge in [-0.15, -0.1) is 23.7 Å². The van der Waals surface area contributed by atoms with Crippen molar-refractivity contribution >= 4 is 23.7 Å². The first kappa shape index (κ1) is 11.1. The van der Waals surface area contributed by atoms with E-state index in [1.807, 2.05) is 18.3 Å². The van der Waals surface area contributed by atoms with Gasteiger partial charge in [0.25, 0.3) is 0 Å². The molecule has 74 valence electrons. The molecule has 0 N–H and O–H groups in total. The summed E-state index contributed by atoms with van der Waals surface area (Å²) in [6, 6.07) is 3.97. The largest absolute Gasteiger partial charge is 0.264 e. The third-order valence-electron chi connectivity index (χ3n) is 1.82. The summed E-state index contributed by atoms with van der Waals surface area (Å²) in [7, 11) is 0. The molecular formula is C10H11ClN2S. The van der Waals surface area contributed by atoms with Crippen LogP contribution in [-0.2, 0) is 6.42 Å². The van der Waals surface area contributed by atoms with Crippen molar-refractivity contribution in [2.24, 2.45) is 0 Å². The number of rotatable bonds is 2. The summed E-state index contributed by atoms with van der Waals surface area (Å²) >= 11 is 1.68. The maximum absolute atomic E-state index is 4.48. The summed E-state index contributed by atoms with van der Waals surface area (Å²) in [5.41, 5.74) is 2.26. The predicted octanol–water partition coefficient (Wildman–Crippen LogP) is 3.19. The van der Waals surface area contributed by atoms with Gasteiger partial charge in [0.1, 0.15) is 5.01 Å². The van der Waals surface area contributed by atoms with Gasteiger partial charge in [-0.3, -0.25) is 4.98 Å². The first-order valence-corrected chi connectivity index (χ1v) is 5.13. The third kappa shape index (κ3) is 2.30. The van der Waals surface area contributed by atoms with Crippen LogP contribution in [0.3, 0.4) is 0 Å². The molecule has 2 aromatic rings. The number of thiazole rings is 1. The summed E-state index contributed by atoms with van der Waals surface area (Å²) in [6.45, 7) is 2.11. The number of halogens is 1. The molecule has 2 rings (SSSR count). The first-order valence-electron chi connectivity index (χ1n) is 4.25. The molecule has 0 aliphatic heterocycles. The topological polar surface area (TPSA) is 25.8 Å². The van der Waals surface area contributed by atoms with Gasteiger partial charge in [-0.1, -0.05) is 6.92 Å². The van der Waals surface area contributed by atoms with Crippen LogP contribution in [-0.4, -0.2) is 9.97 Å². The lowest BCUT2D eigenvalue weighted by Crippen LogP contribution is -1.80. The van der Waals surface area contributed by atoms with Gasteiger partial charge in [0.15, 0.2) is 0 Å². The second kappa shape index (κ2) is 5.08. The smallest absolute Gasteiger partial charge is 0.125 e. The summed E-state index contributed by atoms with van der Waals surface area (Å²) in [6.07, 6.45) is 4.62. The van der Waals surface area contributed by atoms with Gasteiger partial charge >= 0.3 is 0 Å². The van der Waals surface area contributed by atoms with Crippen molar-refractivity contribution in [3.05, 3.63) is 35.6 Å². The SMILES string of the molecule is CCc1csc(-c2cccnc2)n1.Cl. The van der Waals surface area contributed by atoms with Crippen LogP contribution in [0.1, 0.15) is 12.6 Å². The van der Waals surface area contributed by atoms with Crippen molar-refractivity contribution in [3.8, 4) is 10.6 Å². The summed E-state index contributed by atoms with van der Waals surface area (Å²) in [5.74, 6) is 0. The standard InChI is InChI=1S/C10H10N2S.ClH/c1-2-9-7-13-10(12-9)8-4-3-5-11-6-8;/h3-7H,2H2,1H3;1H. The van der Waals surface area contributed by atoms with Gasteiger partial charge in [0.2, 0.25) is 0 Å². The van der Waals surface area contributed by atoms with E-state index in [1.165, 1.54) is 0 Å². The van der Waals surface area contributed by atoms with Crippen LogP contribution >= 0.6 is 23.7 Å². The molecule has 0 saturated heterocycles. The van der Waals surface area contributed by atoms with E-state index < -0.39 is 0 Å². The van der Waals surface area contributed by atoms with E-state index in [-0.39, 0.29) is 12.4 Å². The highest BCUT2D eigenvalue weighted by Crippen LogP contribution is 2.22. The van der Waals surface area contributed by atoms with Crippen molar-refractivity contribution in [2.45, 2.75) is 13.3 Å². The Morgan fingerprint density at radius 3 is 2.86 bits per heavy atom. The van der Waals surface area contributed by atoms with Crippen LogP contribution in [0.25, 0.3) is 10.6 Å². The lowest BCUT2D eigenvalue weighted by Gasteiger charge is -1.92. The Bertz CT molecular complexity index is 386. The molecule has 0 aromatic carbocycles. The Morgan fingerprint density at radius 2 is 2.29 bits per heavy atom. The van der Waals surface area contributed by atoms with E-state index >= 15 is 0 Å². The third-order valence-corrected chi connectivity index (χ3v) is 2.76. The highest BCUT2D eigenvalue weighted by atomic mass is 35.5. The van der Waals surface area contributed by atoms with E-state index in [2.05, 4.69) is 22.3 Å². The Hall–Kier alpha value is -0.930. The first-order chi connectivity index (χ1) is 6.40. The average Bonchev–Trinajstić information content (AvgIpc) is 2.67. The number of nitrogens with zero attached hydrogens (tertiary/aromatic N) is 2. The van der Waals surface area contributed by atoms with Crippen molar-refractivity contribution in [3.63, 3.8) is 0 Å². The molecule has 0 spiro atoms. The van der Waals surface area contributed by atoms with Gasteiger partial charge in [-0.05, 0) is 18.6 Å². The maximum atomic E-state index is 4.48. The zero-order chi connectivity index (χ0) is 9.10. The minimum atomic E-state index is 0. The van der Waals surface area contributed by atoms with Crippen molar-refractivity contribution in [2.75, 3.05) is 0 Å². The van der Waals surface area contributed by atoms with Crippen LogP contribution in [0.4, 0.5) is 0 Å². The van der Waals surface area contributed by atoms with Gasteiger partial charge < -0.3 is 0 Å². The minimum Gasteiger partial charge on any atom is -0.264 e. The fourth-order valence-corrected chi connectivity index (χ4v) is 1.99. The second-order valence-corrected chi connectivity index (χ2v) is 3.60. The molecule has 0 amide bonds. The fraction of sp³-hybridized carbons (Fsp3) is 0.200. The van der Waals surface area contributed by atoms with Crippen molar-refractivity contribution in [1.29, 1.82) is 0 Å². The molecule has 0 aliphatic carbocycles. The lowest BCUT2D eigenvalue weighted by molar-refractivity contribution is 1.06. The highest BCUT2D eigenvalue weighted by Gasteiger charge is 2.02. The molecule has 2 aromatic heterocycles. The average molecular weight is 227 g/mol. The normalized spacial score (nSPS) is 9.50. The van der Waals surface area contributed by atoms with Crippen LogP contribution in [0.15, 0.2) is 29.9 Å². The summed E-state index contributed by atoms with van der Waals surface area (Å²) in [5, 5.41) is 3.16. The quantitative estimate of drug-likeness (QED) is 0.786. The lowest BCUT2D eigenvalue weighted by atomic mass is 10.3. The summed E-state index contributed by atoms with van der Waals surface area (Å²) < 4.78 is 0. The molecule has 4 heteroatoms. The second-order valence-electron chi connectivity index (χ2n) is 2.74. The molecule has 0 bridgehead atoms. The van der Waals surface area contributed by atoms with Gasteiger partial charge in [0.05, 0.1) is 5.69 Å².